The van der Waals surface area contributed by atoms with Crippen molar-refractivity contribution in [1.82, 2.24) is 9.80 Å². The molecule has 2 unspecified atom stereocenters. The van der Waals surface area contributed by atoms with E-state index in [4.69, 9.17) is 4.74 Å². The van der Waals surface area contributed by atoms with Gasteiger partial charge in [0.05, 0.1) is 6.04 Å². The quantitative estimate of drug-likeness (QED) is 0.640. The number of carbonyl (C=O) groups excluding carboxylic acids is 2. The molecule has 0 spiro atoms. The van der Waals surface area contributed by atoms with Crippen LogP contribution < -0.4 is 4.74 Å². The highest BCUT2D eigenvalue weighted by atomic mass is 32.2. The molecule has 2 aromatic carbocycles. The summed E-state index contributed by atoms with van der Waals surface area (Å²) in [5.41, 5.74) is 3.50. The predicted molar refractivity (Wildman–Crippen MR) is 131 cm³/mol. The van der Waals surface area contributed by atoms with Crippen LogP contribution in [0.1, 0.15) is 48.9 Å². The molecule has 6 heteroatoms. The lowest BCUT2D eigenvalue weighted by molar-refractivity contribution is -0.138. The molecule has 2 aliphatic heterocycles. The van der Waals surface area contributed by atoms with Crippen LogP contribution in [0, 0.1) is 5.92 Å². The number of rotatable bonds is 6. The summed E-state index contributed by atoms with van der Waals surface area (Å²) in [7, 11) is 0. The molecule has 33 heavy (non-hydrogen) atoms. The van der Waals surface area contributed by atoms with Gasteiger partial charge in [-0.2, -0.15) is 11.8 Å². The number of thioether (sulfide) groups is 1. The van der Waals surface area contributed by atoms with Crippen molar-refractivity contribution in [1.29, 1.82) is 0 Å². The number of carbonyl (C=O) groups is 2. The van der Waals surface area contributed by atoms with E-state index in [0.717, 1.165) is 61.5 Å². The standard InChI is InChI=1S/C27H32N2O3S/c1-2-24(27(31)28-14-16-33-17-15-28)32-22-11-10-19-12-13-29(26(30)21-8-9-21)25(23(19)18-22)20-6-4-3-5-7-20/h3-7,10-11,18,21,24-25H,2,8-9,12-17H2,1H3. The maximum atomic E-state index is 13.2. The van der Waals surface area contributed by atoms with Crippen molar-refractivity contribution >= 4 is 23.6 Å². The minimum Gasteiger partial charge on any atom is -0.481 e. The second-order valence-corrected chi connectivity index (χ2v) is 10.4. The number of ether oxygens (including phenoxy) is 1. The van der Waals surface area contributed by atoms with E-state index in [-0.39, 0.29) is 23.8 Å². The van der Waals surface area contributed by atoms with E-state index in [9.17, 15) is 9.59 Å². The van der Waals surface area contributed by atoms with E-state index in [2.05, 4.69) is 29.2 Å². The summed E-state index contributed by atoms with van der Waals surface area (Å²) >= 11 is 1.89. The third kappa shape index (κ3) is 4.77. The fourth-order valence-electron chi connectivity index (χ4n) is 4.92. The molecular formula is C27H32N2O3S. The number of benzene rings is 2. The van der Waals surface area contributed by atoms with Gasteiger partial charge in [0.15, 0.2) is 6.10 Å². The molecule has 5 nitrogen and oxygen atoms in total. The Hall–Kier alpha value is -2.47. The molecule has 2 aromatic rings. The smallest absolute Gasteiger partial charge is 0.263 e. The van der Waals surface area contributed by atoms with Gasteiger partial charge in [-0.15, -0.1) is 0 Å². The molecule has 1 aliphatic carbocycles. The monoisotopic (exact) mass is 464 g/mol. The van der Waals surface area contributed by atoms with Crippen LogP contribution in [0.5, 0.6) is 5.75 Å². The summed E-state index contributed by atoms with van der Waals surface area (Å²) in [5, 5.41) is 0. The van der Waals surface area contributed by atoms with Crippen LogP contribution in [0.15, 0.2) is 48.5 Å². The fraction of sp³-hybridized carbons (Fsp3) is 0.481. The molecule has 174 valence electrons. The van der Waals surface area contributed by atoms with Gasteiger partial charge in [-0.3, -0.25) is 9.59 Å². The fourth-order valence-corrected chi connectivity index (χ4v) is 5.83. The molecule has 2 atom stereocenters. The molecule has 5 rings (SSSR count). The Kier molecular flexibility index (Phi) is 6.63. The third-order valence-electron chi connectivity index (χ3n) is 6.92. The minimum absolute atomic E-state index is 0.0840. The molecule has 2 amide bonds. The summed E-state index contributed by atoms with van der Waals surface area (Å²) in [6.07, 6.45) is 3.01. The summed E-state index contributed by atoms with van der Waals surface area (Å²) in [6.45, 7) is 4.33. The van der Waals surface area contributed by atoms with Crippen LogP contribution >= 0.6 is 11.8 Å². The lowest BCUT2D eigenvalue weighted by atomic mass is 9.87. The first kappa shape index (κ1) is 22.3. The molecule has 0 bridgehead atoms. The maximum Gasteiger partial charge on any atom is 0.263 e. The molecular weight excluding hydrogens is 432 g/mol. The topological polar surface area (TPSA) is 49.9 Å². The summed E-state index contributed by atoms with van der Waals surface area (Å²) in [6, 6.07) is 16.4. The van der Waals surface area contributed by atoms with Crippen LogP contribution in [0.25, 0.3) is 0 Å². The Balaban J connectivity index is 1.43. The Morgan fingerprint density at radius 3 is 2.52 bits per heavy atom. The highest BCUT2D eigenvalue weighted by molar-refractivity contribution is 7.99. The second kappa shape index (κ2) is 9.80. The van der Waals surface area contributed by atoms with Gasteiger partial charge in [-0.05, 0) is 54.5 Å². The summed E-state index contributed by atoms with van der Waals surface area (Å²) in [5.74, 6) is 3.23. The van der Waals surface area contributed by atoms with Crippen LogP contribution in [-0.4, -0.2) is 58.9 Å². The Labute approximate surface area is 200 Å². The highest BCUT2D eigenvalue weighted by Gasteiger charge is 2.39. The lowest BCUT2D eigenvalue weighted by Crippen LogP contribution is -2.45. The van der Waals surface area contributed by atoms with Crippen molar-refractivity contribution in [2.75, 3.05) is 31.1 Å². The zero-order valence-electron chi connectivity index (χ0n) is 19.2. The van der Waals surface area contributed by atoms with E-state index in [1.54, 1.807) is 0 Å². The second-order valence-electron chi connectivity index (χ2n) is 9.18. The number of amides is 2. The zero-order chi connectivity index (χ0) is 22.8. The van der Waals surface area contributed by atoms with Crippen molar-refractivity contribution in [2.45, 2.75) is 44.8 Å². The first-order chi connectivity index (χ1) is 16.2. The highest BCUT2D eigenvalue weighted by Crippen LogP contribution is 2.41. The average molecular weight is 465 g/mol. The molecule has 1 saturated heterocycles. The van der Waals surface area contributed by atoms with Crippen molar-refractivity contribution in [3.8, 4) is 5.75 Å². The summed E-state index contributed by atoms with van der Waals surface area (Å²) in [4.78, 5) is 30.2. The number of hydrogen-bond donors (Lipinski definition) is 0. The van der Waals surface area contributed by atoms with E-state index >= 15 is 0 Å². The zero-order valence-corrected chi connectivity index (χ0v) is 20.1. The van der Waals surface area contributed by atoms with Gasteiger partial charge in [-0.25, -0.2) is 0 Å². The molecule has 0 radical (unpaired) electrons. The van der Waals surface area contributed by atoms with Crippen molar-refractivity contribution in [2.24, 2.45) is 5.92 Å². The first-order valence-corrected chi connectivity index (χ1v) is 13.3. The van der Waals surface area contributed by atoms with Gasteiger partial charge in [0.25, 0.3) is 5.91 Å². The van der Waals surface area contributed by atoms with E-state index < -0.39 is 6.10 Å². The first-order valence-electron chi connectivity index (χ1n) is 12.2. The lowest BCUT2D eigenvalue weighted by Gasteiger charge is -2.38. The van der Waals surface area contributed by atoms with Gasteiger partial charge in [0, 0.05) is 37.1 Å². The van der Waals surface area contributed by atoms with Gasteiger partial charge >= 0.3 is 0 Å². The largest absolute Gasteiger partial charge is 0.481 e. The van der Waals surface area contributed by atoms with E-state index in [0.29, 0.717) is 12.2 Å². The maximum absolute atomic E-state index is 13.2. The molecule has 0 N–H and O–H groups in total. The van der Waals surface area contributed by atoms with Gasteiger partial charge in [-0.1, -0.05) is 43.3 Å². The van der Waals surface area contributed by atoms with Crippen LogP contribution in [0.3, 0.4) is 0 Å². The molecule has 3 aliphatic rings. The van der Waals surface area contributed by atoms with Crippen molar-refractivity contribution in [3.63, 3.8) is 0 Å². The van der Waals surface area contributed by atoms with Gasteiger partial charge < -0.3 is 14.5 Å². The van der Waals surface area contributed by atoms with Gasteiger partial charge in [0.1, 0.15) is 5.75 Å². The minimum atomic E-state index is -0.478. The third-order valence-corrected chi connectivity index (χ3v) is 7.86. The summed E-state index contributed by atoms with van der Waals surface area (Å²) < 4.78 is 6.28. The molecule has 1 saturated carbocycles. The Bertz CT molecular complexity index is 1000. The van der Waals surface area contributed by atoms with Gasteiger partial charge in [0.2, 0.25) is 5.91 Å². The average Bonchev–Trinajstić information content (AvgIpc) is 3.72. The number of nitrogens with zero attached hydrogens (tertiary/aromatic N) is 2. The molecule has 2 fully saturated rings. The van der Waals surface area contributed by atoms with E-state index in [1.165, 1.54) is 5.56 Å². The van der Waals surface area contributed by atoms with Crippen molar-refractivity contribution < 1.29 is 14.3 Å². The van der Waals surface area contributed by atoms with E-state index in [1.807, 2.05) is 47.9 Å². The predicted octanol–water partition coefficient (Wildman–Crippen LogP) is 4.30. The van der Waals surface area contributed by atoms with Crippen LogP contribution in [-0.2, 0) is 16.0 Å². The Morgan fingerprint density at radius 2 is 1.82 bits per heavy atom. The molecule has 0 aromatic heterocycles. The molecule has 2 heterocycles. The van der Waals surface area contributed by atoms with Crippen LogP contribution in [0.4, 0.5) is 0 Å². The Morgan fingerprint density at radius 1 is 1.06 bits per heavy atom. The SMILES string of the molecule is CCC(Oc1ccc2c(c1)C(c1ccccc1)N(C(=O)C1CC1)CC2)C(=O)N1CCSCC1. The van der Waals surface area contributed by atoms with Crippen LogP contribution in [0.2, 0.25) is 0 Å². The number of hydrogen-bond acceptors (Lipinski definition) is 4. The number of fused-ring (bicyclic) bond motifs is 1. The normalized spacial score (nSPS) is 21.3. The van der Waals surface area contributed by atoms with Crippen molar-refractivity contribution in [3.05, 3.63) is 65.2 Å².